The third-order valence-electron chi connectivity index (χ3n) is 3.57. The molecule has 1 saturated heterocycles. The molecule has 0 spiro atoms. The van der Waals surface area contributed by atoms with Crippen molar-refractivity contribution in [2.24, 2.45) is 0 Å². The van der Waals surface area contributed by atoms with Gasteiger partial charge in [-0.05, 0) is 25.5 Å². The molecule has 0 radical (unpaired) electrons. The summed E-state index contributed by atoms with van der Waals surface area (Å²) in [5, 5.41) is 12.7. The number of benzene rings is 1. The summed E-state index contributed by atoms with van der Waals surface area (Å²) in [6, 6.07) is 7.35. The zero-order chi connectivity index (χ0) is 14.6. The normalized spacial score (nSPS) is 22.8. The van der Waals surface area contributed by atoms with Crippen molar-refractivity contribution >= 4 is 11.6 Å². The highest BCUT2D eigenvalue weighted by Crippen LogP contribution is 2.23. The van der Waals surface area contributed by atoms with Gasteiger partial charge >= 0.3 is 0 Å². The first-order valence-corrected chi connectivity index (χ1v) is 6.88. The zero-order valence-corrected chi connectivity index (χ0v) is 12.1. The lowest BCUT2D eigenvalue weighted by Crippen LogP contribution is -2.31. The van der Waals surface area contributed by atoms with E-state index in [0.717, 1.165) is 13.0 Å². The standard InChI is InChI=1S/C15H22N2O3/c1-15(19)8-10-17(11-15)9-7-14(18)16-12-5-3-4-6-13(12)20-2/h3-6,19H,7-11H2,1-2H3,(H,16,18). The summed E-state index contributed by atoms with van der Waals surface area (Å²) in [6.45, 7) is 3.98. The first-order chi connectivity index (χ1) is 9.50. The number of likely N-dealkylation sites (tertiary alicyclic amines) is 1. The quantitative estimate of drug-likeness (QED) is 0.856. The number of amides is 1. The van der Waals surface area contributed by atoms with Crippen LogP contribution < -0.4 is 10.1 Å². The number of carbonyl (C=O) groups is 1. The maximum absolute atomic E-state index is 11.9. The van der Waals surface area contributed by atoms with Crippen molar-refractivity contribution < 1.29 is 14.6 Å². The smallest absolute Gasteiger partial charge is 0.225 e. The van der Waals surface area contributed by atoms with Gasteiger partial charge in [-0.1, -0.05) is 12.1 Å². The number of rotatable bonds is 5. The summed E-state index contributed by atoms with van der Waals surface area (Å²) >= 11 is 0. The van der Waals surface area contributed by atoms with Crippen LogP contribution in [0.3, 0.4) is 0 Å². The fraction of sp³-hybridized carbons (Fsp3) is 0.533. The van der Waals surface area contributed by atoms with E-state index in [4.69, 9.17) is 4.74 Å². The molecule has 1 unspecified atom stereocenters. The van der Waals surface area contributed by atoms with Crippen molar-refractivity contribution in [1.29, 1.82) is 0 Å². The van der Waals surface area contributed by atoms with Crippen LogP contribution in [0.25, 0.3) is 0 Å². The number of methoxy groups -OCH3 is 1. The Morgan fingerprint density at radius 1 is 1.50 bits per heavy atom. The molecule has 2 N–H and O–H groups in total. The number of para-hydroxylation sites is 2. The molecular formula is C15H22N2O3. The second-order valence-corrected chi connectivity index (χ2v) is 5.52. The third-order valence-corrected chi connectivity index (χ3v) is 3.57. The monoisotopic (exact) mass is 278 g/mol. The summed E-state index contributed by atoms with van der Waals surface area (Å²) in [4.78, 5) is 14.1. The lowest BCUT2D eigenvalue weighted by molar-refractivity contribution is -0.116. The van der Waals surface area contributed by atoms with E-state index in [2.05, 4.69) is 10.2 Å². The molecule has 1 aromatic rings. The van der Waals surface area contributed by atoms with Gasteiger partial charge < -0.3 is 15.2 Å². The van der Waals surface area contributed by atoms with E-state index in [1.807, 2.05) is 31.2 Å². The molecule has 110 valence electrons. The summed E-state index contributed by atoms with van der Waals surface area (Å²) in [5.41, 5.74) is 0.0764. The molecule has 1 amide bonds. The van der Waals surface area contributed by atoms with Crippen molar-refractivity contribution in [3.8, 4) is 5.75 Å². The van der Waals surface area contributed by atoms with Gasteiger partial charge in [-0.3, -0.25) is 9.69 Å². The predicted molar refractivity (Wildman–Crippen MR) is 77.9 cm³/mol. The Kier molecular flexibility index (Phi) is 4.62. The van der Waals surface area contributed by atoms with Crippen LogP contribution in [-0.2, 0) is 4.79 Å². The maximum Gasteiger partial charge on any atom is 0.225 e. The van der Waals surface area contributed by atoms with Crippen molar-refractivity contribution in [3.05, 3.63) is 24.3 Å². The summed E-state index contributed by atoms with van der Waals surface area (Å²) in [7, 11) is 1.58. The summed E-state index contributed by atoms with van der Waals surface area (Å²) < 4.78 is 5.19. The van der Waals surface area contributed by atoms with Gasteiger partial charge in [0.15, 0.2) is 0 Å². The molecule has 20 heavy (non-hydrogen) atoms. The van der Waals surface area contributed by atoms with Gasteiger partial charge in [0.25, 0.3) is 0 Å². The van der Waals surface area contributed by atoms with Gasteiger partial charge in [-0.2, -0.15) is 0 Å². The van der Waals surface area contributed by atoms with Crippen LogP contribution in [0.1, 0.15) is 19.8 Å². The third kappa shape index (κ3) is 3.95. The number of anilines is 1. The van der Waals surface area contributed by atoms with Crippen LogP contribution in [-0.4, -0.2) is 48.3 Å². The highest BCUT2D eigenvalue weighted by Gasteiger charge is 2.31. The van der Waals surface area contributed by atoms with E-state index in [0.29, 0.717) is 30.9 Å². The predicted octanol–water partition coefficient (Wildman–Crippen LogP) is 1.48. The van der Waals surface area contributed by atoms with E-state index in [1.54, 1.807) is 7.11 Å². The molecule has 1 fully saturated rings. The minimum atomic E-state index is -0.612. The second-order valence-electron chi connectivity index (χ2n) is 5.52. The molecule has 1 aliphatic rings. The molecule has 1 aliphatic heterocycles. The van der Waals surface area contributed by atoms with Crippen LogP contribution in [0.2, 0.25) is 0 Å². The summed E-state index contributed by atoms with van der Waals surface area (Å²) in [6.07, 6.45) is 1.18. The van der Waals surface area contributed by atoms with E-state index < -0.39 is 5.60 Å². The molecule has 0 saturated carbocycles. The Balaban J connectivity index is 1.81. The number of nitrogens with one attached hydrogen (secondary N) is 1. The molecular weight excluding hydrogens is 256 g/mol. The molecule has 0 aliphatic carbocycles. The lowest BCUT2D eigenvalue weighted by Gasteiger charge is -2.18. The minimum absolute atomic E-state index is 0.0407. The van der Waals surface area contributed by atoms with Gasteiger partial charge in [0.05, 0.1) is 18.4 Å². The fourth-order valence-electron chi connectivity index (χ4n) is 2.45. The Hall–Kier alpha value is -1.59. The van der Waals surface area contributed by atoms with Gasteiger partial charge in [-0.15, -0.1) is 0 Å². The van der Waals surface area contributed by atoms with Crippen LogP contribution in [0.15, 0.2) is 24.3 Å². The zero-order valence-electron chi connectivity index (χ0n) is 12.1. The number of aliphatic hydroxyl groups is 1. The molecule has 5 heteroatoms. The molecule has 0 aromatic heterocycles. The van der Waals surface area contributed by atoms with Gasteiger partial charge in [0, 0.05) is 26.1 Å². The largest absolute Gasteiger partial charge is 0.495 e. The maximum atomic E-state index is 11.9. The average molecular weight is 278 g/mol. The Bertz CT molecular complexity index is 474. The molecule has 1 aromatic carbocycles. The number of ether oxygens (including phenoxy) is 1. The van der Waals surface area contributed by atoms with E-state index in [9.17, 15) is 9.90 Å². The van der Waals surface area contributed by atoms with Gasteiger partial charge in [-0.25, -0.2) is 0 Å². The summed E-state index contributed by atoms with van der Waals surface area (Å²) in [5.74, 6) is 0.617. The Morgan fingerprint density at radius 3 is 2.90 bits per heavy atom. The van der Waals surface area contributed by atoms with Crippen molar-refractivity contribution in [2.75, 3.05) is 32.1 Å². The molecule has 1 atom stereocenters. The van der Waals surface area contributed by atoms with Crippen LogP contribution in [0.5, 0.6) is 5.75 Å². The molecule has 0 bridgehead atoms. The van der Waals surface area contributed by atoms with Crippen molar-refractivity contribution in [1.82, 2.24) is 4.90 Å². The van der Waals surface area contributed by atoms with Crippen molar-refractivity contribution in [2.45, 2.75) is 25.4 Å². The highest BCUT2D eigenvalue weighted by atomic mass is 16.5. The Labute approximate surface area is 119 Å². The van der Waals surface area contributed by atoms with Crippen LogP contribution >= 0.6 is 0 Å². The van der Waals surface area contributed by atoms with Crippen molar-refractivity contribution in [3.63, 3.8) is 0 Å². The SMILES string of the molecule is COc1ccccc1NC(=O)CCN1CCC(C)(O)C1. The van der Waals surface area contributed by atoms with E-state index in [-0.39, 0.29) is 5.91 Å². The minimum Gasteiger partial charge on any atom is -0.495 e. The number of hydrogen-bond acceptors (Lipinski definition) is 4. The average Bonchev–Trinajstić information content (AvgIpc) is 2.77. The highest BCUT2D eigenvalue weighted by molar-refractivity contribution is 5.92. The fourth-order valence-corrected chi connectivity index (χ4v) is 2.45. The first kappa shape index (κ1) is 14.8. The topological polar surface area (TPSA) is 61.8 Å². The Morgan fingerprint density at radius 2 is 2.25 bits per heavy atom. The lowest BCUT2D eigenvalue weighted by atomic mass is 10.1. The van der Waals surface area contributed by atoms with Gasteiger partial charge in [0.1, 0.15) is 5.75 Å². The molecule has 2 rings (SSSR count). The van der Waals surface area contributed by atoms with Crippen LogP contribution in [0.4, 0.5) is 5.69 Å². The number of β-amino-alcohol motifs (C(OH)–C–C–N with tert-alkyl or cyclic N) is 1. The van der Waals surface area contributed by atoms with E-state index >= 15 is 0 Å². The number of nitrogens with zero attached hydrogens (tertiary/aromatic N) is 1. The number of hydrogen-bond donors (Lipinski definition) is 2. The van der Waals surface area contributed by atoms with Gasteiger partial charge in [0.2, 0.25) is 5.91 Å². The van der Waals surface area contributed by atoms with Crippen LogP contribution in [0, 0.1) is 0 Å². The number of carbonyl (C=O) groups excluding carboxylic acids is 1. The molecule has 5 nitrogen and oxygen atoms in total. The molecule has 1 heterocycles. The second kappa shape index (κ2) is 6.24. The van der Waals surface area contributed by atoms with E-state index in [1.165, 1.54) is 0 Å². The first-order valence-electron chi connectivity index (χ1n) is 6.88.